The van der Waals surface area contributed by atoms with Gasteiger partial charge in [-0.15, -0.1) is 0 Å². The van der Waals surface area contributed by atoms with Crippen molar-refractivity contribution in [1.29, 1.82) is 5.26 Å². The summed E-state index contributed by atoms with van der Waals surface area (Å²) in [6.45, 7) is 0. The van der Waals surface area contributed by atoms with Crippen LogP contribution >= 0.6 is 0 Å². The molecule has 0 saturated heterocycles. The highest BCUT2D eigenvalue weighted by atomic mass is 14.7. The van der Waals surface area contributed by atoms with E-state index in [-0.39, 0.29) is 0 Å². The standard InChI is InChI=1S/C10H7N3/c11-4-3-9-7-12-6-8-2-1-5-13-10(8)9/h1-2,5-7H,3H2. The molecule has 0 radical (unpaired) electrons. The van der Waals surface area contributed by atoms with E-state index in [1.807, 2.05) is 12.1 Å². The molecule has 0 aromatic carbocycles. The van der Waals surface area contributed by atoms with E-state index >= 15 is 0 Å². The molecule has 2 rings (SSSR count). The first-order valence-corrected chi connectivity index (χ1v) is 3.96. The van der Waals surface area contributed by atoms with Crippen LogP contribution in [0, 0.1) is 11.3 Å². The van der Waals surface area contributed by atoms with Crippen molar-refractivity contribution in [2.45, 2.75) is 6.42 Å². The number of pyridine rings is 2. The molecule has 0 atom stereocenters. The molecule has 0 bridgehead atoms. The highest BCUT2D eigenvalue weighted by Gasteiger charge is 2.00. The minimum absolute atomic E-state index is 0.362. The van der Waals surface area contributed by atoms with E-state index in [0.717, 1.165) is 16.5 Å². The largest absolute Gasteiger partial charge is 0.264 e. The molecule has 13 heavy (non-hydrogen) atoms. The molecule has 0 N–H and O–H groups in total. The topological polar surface area (TPSA) is 49.6 Å². The quantitative estimate of drug-likeness (QED) is 0.652. The minimum atomic E-state index is 0.362. The number of fused-ring (bicyclic) bond motifs is 1. The van der Waals surface area contributed by atoms with Gasteiger partial charge in [0, 0.05) is 29.5 Å². The summed E-state index contributed by atoms with van der Waals surface area (Å²) >= 11 is 0. The van der Waals surface area contributed by atoms with E-state index in [9.17, 15) is 0 Å². The van der Waals surface area contributed by atoms with Crippen LogP contribution in [0.1, 0.15) is 5.56 Å². The van der Waals surface area contributed by atoms with Gasteiger partial charge in [-0.3, -0.25) is 9.97 Å². The van der Waals surface area contributed by atoms with Crippen molar-refractivity contribution in [2.75, 3.05) is 0 Å². The predicted octanol–water partition coefficient (Wildman–Crippen LogP) is 1.70. The first-order chi connectivity index (χ1) is 6.42. The molecule has 0 saturated carbocycles. The molecule has 2 aromatic heterocycles. The molecule has 3 nitrogen and oxygen atoms in total. The van der Waals surface area contributed by atoms with Gasteiger partial charge in [-0.25, -0.2) is 0 Å². The number of hydrogen-bond acceptors (Lipinski definition) is 3. The lowest BCUT2D eigenvalue weighted by Crippen LogP contribution is -1.88. The monoisotopic (exact) mass is 169 g/mol. The van der Waals surface area contributed by atoms with Crippen molar-refractivity contribution in [3.05, 3.63) is 36.3 Å². The number of rotatable bonds is 1. The van der Waals surface area contributed by atoms with Crippen molar-refractivity contribution in [3.8, 4) is 6.07 Å². The molecule has 0 fully saturated rings. The summed E-state index contributed by atoms with van der Waals surface area (Å²) in [5.74, 6) is 0. The molecular weight excluding hydrogens is 162 g/mol. The molecule has 0 aliphatic carbocycles. The Morgan fingerprint density at radius 1 is 1.38 bits per heavy atom. The van der Waals surface area contributed by atoms with Crippen molar-refractivity contribution >= 4 is 10.9 Å². The smallest absolute Gasteiger partial charge is 0.0775 e. The lowest BCUT2D eigenvalue weighted by molar-refractivity contribution is 1.20. The Kier molecular flexibility index (Phi) is 1.89. The zero-order valence-corrected chi connectivity index (χ0v) is 6.94. The maximum atomic E-state index is 8.57. The van der Waals surface area contributed by atoms with Crippen LogP contribution in [-0.4, -0.2) is 9.97 Å². The van der Waals surface area contributed by atoms with Crippen LogP contribution in [0.3, 0.4) is 0 Å². The van der Waals surface area contributed by atoms with Gasteiger partial charge >= 0.3 is 0 Å². The van der Waals surface area contributed by atoms with Crippen LogP contribution < -0.4 is 0 Å². The molecule has 2 heterocycles. The van der Waals surface area contributed by atoms with Crippen LogP contribution in [-0.2, 0) is 6.42 Å². The van der Waals surface area contributed by atoms with Gasteiger partial charge in [-0.05, 0) is 12.1 Å². The second kappa shape index (κ2) is 3.20. The van der Waals surface area contributed by atoms with Crippen molar-refractivity contribution in [1.82, 2.24) is 9.97 Å². The molecular formula is C10H7N3. The lowest BCUT2D eigenvalue weighted by Gasteiger charge is -1.99. The Bertz CT molecular complexity index is 466. The Morgan fingerprint density at radius 3 is 3.15 bits per heavy atom. The summed E-state index contributed by atoms with van der Waals surface area (Å²) in [6.07, 6.45) is 5.53. The van der Waals surface area contributed by atoms with Gasteiger partial charge in [-0.2, -0.15) is 5.26 Å². The number of aromatic nitrogens is 2. The van der Waals surface area contributed by atoms with Gasteiger partial charge in [0.15, 0.2) is 0 Å². The second-order valence-electron chi connectivity index (χ2n) is 2.71. The summed E-state index contributed by atoms with van der Waals surface area (Å²) in [7, 11) is 0. The summed E-state index contributed by atoms with van der Waals surface area (Å²) in [6, 6.07) is 5.90. The molecule has 62 valence electrons. The Balaban J connectivity index is 2.70. The average Bonchev–Trinajstić information content (AvgIpc) is 2.19. The summed E-state index contributed by atoms with van der Waals surface area (Å²) in [4.78, 5) is 8.25. The number of nitriles is 1. The van der Waals surface area contributed by atoms with E-state index in [1.54, 1.807) is 18.6 Å². The van der Waals surface area contributed by atoms with Crippen LogP contribution in [0.4, 0.5) is 0 Å². The van der Waals surface area contributed by atoms with Crippen molar-refractivity contribution in [3.63, 3.8) is 0 Å². The van der Waals surface area contributed by atoms with Crippen LogP contribution in [0.2, 0.25) is 0 Å². The zero-order chi connectivity index (χ0) is 9.10. The molecule has 3 heteroatoms. The fourth-order valence-corrected chi connectivity index (χ4v) is 1.27. The normalized spacial score (nSPS) is 9.77. The van der Waals surface area contributed by atoms with E-state index in [4.69, 9.17) is 5.26 Å². The summed E-state index contributed by atoms with van der Waals surface area (Å²) in [5, 5.41) is 9.56. The summed E-state index contributed by atoms with van der Waals surface area (Å²) < 4.78 is 0. The molecule has 0 amide bonds. The number of hydrogen-bond donors (Lipinski definition) is 0. The lowest BCUT2D eigenvalue weighted by atomic mass is 10.1. The van der Waals surface area contributed by atoms with Gasteiger partial charge in [0.2, 0.25) is 0 Å². The third-order valence-corrected chi connectivity index (χ3v) is 1.86. The summed E-state index contributed by atoms with van der Waals surface area (Å²) in [5.41, 5.74) is 1.76. The van der Waals surface area contributed by atoms with Gasteiger partial charge in [-0.1, -0.05) is 0 Å². The van der Waals surface area contributed by atoms with E-state index in [0.29, 0.717) is 6.42 Å². The van der Waals surface area contributed by atoms with E-state index in [1.165, 1.54) is 0 Å². The SMILES string of the molecule is N#CCc1cncc2cccnc12. The van der Waals surface area contributed by atoms with Gasteiger partial charge < -0.3 is 0 Å². The Labute approximate surface area is 75.7 Å². The number of nitrogens with zero attached hydrogens (tertiary/aromatic N) is 3. The van der Waals surface area contributed by atoms with E-state index in [2.05, 4.69) is 16.0 Å². The van der Waals surface area contributed by atoms with Gasteiger partial charge in [0.05, 0.1) is 18.0 Å². The van der Waals surface area contributed by atoms with Crippen LogP contribution in [0.25, 0.3) is 10.9 Å². The first-order valence-electron chi connectivity index (χ1n) is 3.96. The maximum Gasteiger partial charge on any atom is 0.0775 e. The van der Waals surface area contributed by atoms with Crippen LogP contribution in [0.15, 0.2) is 30.7 Å². The fourth-order valence-electron chi connectivity index (χ4n) is 1.27. The molecule has 0 aliphatic heterocycles. The highest BCUT2D eigenvalue weighted by molar-refractivity contribution is 5.80. The molecule has 0 unspecified atom stereocenters. The maximum absolute atomic E-state index is 8.57. The average molecular weight is 169 g/mol. The second-order valence-corrected chi connectivity index (χ2v) is 2.71. The third kappa shape index (κ3) is 1.34. The Morgan fingerprint density at radius 2 is 2.31 bits per heavy atom. The first kappa shape index (κ1) is 7.69. The molecule has 0 spiro atoms. The van der Waals surface area contributed by atoms with Gasteiger partial charge in [0.1, 0.15) is 0 Å². The Hall–Kier alpha value is -1.95. The van der Waals surface area contributed by atoms with Crippen LogP contribution in [0.5, 0.6) is 0 Å². The van der Waals surface area contributed by atoms with Crippen molar-refractivity contribution in [2.24, 2.45) is 0 Å². The third-order valence-electron chi connectivity index (χ3n) is 1.86. The minimum Gasteiger partial charge on any atom is -0.264 e. The molecule has 2 aromatic rings. The van der Waals surface area contributed by atoms with Crippen molar-refractivity contribution < 1.29 is 0 Å². The molecule has 0 aliphatic rings. The zero-order valence-electron chi connectivity index (χ0n) is 6.94. The predicted molar refractivity (Wildman–Crippen MR) is 48.9 cm³/mol. The van der Waals surface area contributed by atoms with E-state index < -0.39 is 0 Å². The highest BCUT2D eigenvalue weighted by Crippen LogP contribution is 2.13. The van der Waals surface area contributed by atoms with Gasteiger partial charge in [0.25, 0.3) is 0 Å². The fraction of sp³-hybridized carbons (Fsp3) is 0.100.